The quantitative estimate of drug-likeness (QED) is 0.740. The molecule has 0 spiro atoms. The highest BCUT2D eigenvalue weighted by atomic mass is 35.5. The van der Waals surface area contributed by atoms with Gasteiger partial charge in [0.25, 0.3) is 0 Å². The molecule has 0 heterocycles. The molecule has 0 aliphatic carbocycles. The van der Waals surface area contributed by atoms with Crippen LogP contribution in [0, 0.1) is 6.92 Å². The third-order valence-corrected chi connectivity index (χ3v) is 5.15. The van der Waals surface area contributed by atoms with Crippen LogP contribution in [0.1, 0.15) is 30.0 Å². The van der Waals surface area contributed by atoms with Crippen LogP contribution in [0.3, 0.4) is 0 Å². The Balaban J connectivity index is 2.30. The first kappa shape index (κ1) is 21.3. The standard InChI is InChI=1S/C21H24Cl2N2O2/c1-4-19(21(27)24-3)25(13-16-7-5-6-14(2)10-16)20(26)12-15-8-9-17(22)18(23)11-15/h5-11,19H,4,12-13H2,1-3H3,(H,24,27)/t19-/m1/s1. The Morgan fingerprint density at radius 1 is 1.07 bits per heavy atom. The van der Waals surface area contributed by atoms with Gasteiger partial charge in [-0.1, -0.05) is 66.0 Å². The summed E-state index contributed by atoms with van der Waals surface area (Å²) < 4.78 is 0. The van der Waals surface area contributed by atoms with Gasteiger partial charge < -0.3 is 10.2 Å². The molecule has 0 saturated carbocycles. The highest BCUT2D eigenvalue weighted by Crippen LogP contribution is 2.23. The van der Waals surface area contributed by atoms with Gasteiger partial charge in [0.15, 0.2) is 0 Å². The Kier molecular flexibility index (Phi) is 7.69. The summed E-state index contributed by atoms with van der Waals surface area (Å²) in [5.74, 6) is -0.307. The van der Waals surface area contributed by atoms with E-state index in [1.54, 1.807) is 30.1 Å². The van der Waals surface area contributed by atoms with Crippen LogP contribution >= 0.6 is 23.2 Å². The first-order chi connectivity index (χ1) is 12.8. The van der Waals surface area contributed by atoms with Gasteiger partial charge in [0.05, 0.1) is 16.5 Å². The largest absolute Gasteiger partial charge is 0.357 e. The van der Waals surface area contributed by atoms with E-state index in [0.717, 1.165) is 16.7 Å². The highest BCUT2D eigenvalue weighted by Gasteiger charge is 2.28. The number of nitrogens with one attached hydrogen (secondary N) is 1. The summed E-state index contributed by atoms with van der Waals surface area (Å²) in [7, 11) is 1.58. The van der Waals surface area contributed by atoms with Crippen molar-refractivity contribution in [3.63, 3.8) is 0 Å². The molecule has 27 heavy (non-hydrogen) atoms. The van der Waals surface area contributed by atoms with Crippen molar-refractivity contribution < 1.29 is 9.59 Å². The number of halogens is 2. The van der Waals surface area contributed by atoms with Gasteiger partial charge in [-0.05, 0) is 36.6 Å². The second-order valence-electron chi connectivity index (χ2n) is 6.47. The minimum atomic E-state index is -0.536. The van der Waals surface area contributed by atoms with Crippen molar-refractivity contribution in [2.75, 3.05) is 7.05 Å². The zero-order valence-electron chi connectivity index (χ0n) is 15.8. The van der Waals surface area contributed by atoms with Crippen LogP contribution < -0.4 is 5.32 Å². The first-order valence-electron chi connectivity index (χ1n) is 8.86. The van der Waals surface area contributed by atoms with E-state index < -0.39 is 6.04 Å². The Labute approximate surface area is 170 Å². The number of benzene rings is 2. The van der Waals surface area contributed by atoms with Crippen LogP contribution in [-0.2, 0) is 22.6 Å². The number of amides is 2. The number of carbonyl (C=O) groups is 2. The third kappa shape index (κ3) is 5.72. The average Bonchev–Trinajstić information content (AvgIpc) is 2.64. The molecule has 0 aliphatic heterocycles. The molecule has 6 heteroatoms. The fourth-order valence-electron chi connectivity index (χ4n) is 3.02. The molecule has 2 amide bonds. The lowest BCUT2D eigenvalue weighted by Gasteiger charge is -2.30. The number of hydrogen-bond acceptors (Lipinski definition) is 2. The molecular formula is C21H24Cl2N2O2. The number of aryl methyl sites for hydroxylation is 1. The molecule has 0 radical (unpaired) electrons. The summed E-state index contributed by atoms with van der Waals surface area (Å²) >= 11 is 12.0. The molecule has 0 fully saturated rings. The first-order valence-corrected chi connectivity index (χ1v) is 9.61. The number of carbonyl (C=O) groups excluding carboxylic acids is 2. The maximum atomic E-state index is 13.1. The smallest absolute Gasteiger partial charge is 0.242 e. The fourth-order valence-corrected chi connectivity index (χ4v) is 3.34. The molecule has 1 atom stereocenters. The van der Waals surface area contributed by atoms with E-state index in [0.29, 0.717) is 23.0 Å². The average molecular weight is 407 g/mol. The van der Waals surface area contributed by atoms with Crippen molar-refractivity contribution >= 4 is 35.0 Å². The molecule has 0 bridgehead atoms. The number of likely N-dealkylation sites (N-methyl/N-ethyl adjacent to an activating group) is 1. The molecule has 2 aromatic carbocycles. The minimum Gasteiger partial charge on any atom is -0.357 e. The molecule has 2 rings (SSSR count). The number of nitrogens with zero attached hydrogens (tertiary/aromatic N) is 1. The zero-order chi connectivity index (χ0) is 20.0. The van der Waals surface area contributed by atoms with E-state index in [2.05, 4.69) is 5.32 Å². The second kappa shape index (κ2) is 9.77. The summed E-state index contributed by atoms with van der Waals surface area (Å²) in [5.41, 5.74) is 2.85. The van der Waals surface area contributed by atoms with Crippen LogP contribution in [0.5, 0.6) is 0 Å². The van der Waals surface area contributed by atoms with Crippen LogP contribution in [0.4, 0.5) is 0 Å². The van der Waals surface area contributed by atoms with Crippen molar-refractivity contribution in [1.82, 2.24) is 10.2 Å². The molecule has 144 valence electrons. The molecule has 4 nitrogen and oxygen atoms in total. The Morgan fingerprint density at radius 3 is 2.41 bits per heavy atom. The van der Waals surface area contributed by atoms with Gasteiger partial charge in [0.2, 0.25) is 11.8 Å². The normalized spacial score (nSPS) is 11.7. The summed E-state index contributed by atoms with van der Waals surface area (Å²) in [6.45, 7) is 4.27. The van der Waals surface area contributed by atoms with Crippen molar-refractivity contribution in [3.05, 3.63) is 69.2 Å². The van der Waals surface area contributed by atoms with Gasteiger partial charge in [-0.15, -0.1) is 0 Å². The van der Waals surface area contributed by atoms with E-state index >= 15 is 0 Å². The molecule has 0 aromatic heterocycles. The third-order valence-electron chi connectivity index (χ3n) is 4.41. The fraction of sp³-hybridized carbons (Fsp3) is 0.333. The molecule has 0 unspecified atom stereocenters. The van der Waals surface area contributed by atoms with Crippen molar-refractivity contribution in [3.8, 4) is 0 Å². The van der Waals surface area contributed by atoms with Gasteiger partial charge in [-0.3, -0.25) is 9.59 Å². The molecular weight excluding hydrogens is 383 g/mol. The van der Waals surface area contributed by atoms with E-state index in [4.69, 9.17) is 23.2 Å². The lowest BCUT2D eigenvalue weighted by Crippen LogP contribution is -2.48. The highest BCUT2D eigenvalue weighted by molar-refractivity contribution is 6.42. The van der Waals surface area contributed by atoms with Gasteiger partial charge in [0, 0.05) is 13.6 Å². The molecule has 0 saturated heterocycles. The van der Waals surface area contributed by atoms with E-state index in [1.165, 1.54) is 0 Å². The Hall–Kier alpha value is -2.04. The van der Waals surface area contributed by atoms with Crippen LogP contribution in [0.15, 0.2) is 42.5 Å². The summed E-state index contributed by atoms with van der Waals surface area (Å²) in [6.07, 6.45) is 0.675. The lowest BCUT2D eigenvalue weighted by atomic mass is 10.1. The Morgan fingerprint density at radius 2 is 1.81 bits per heavy atom. The van der Waals surface area contributed by atoms with Crippen LogP contribution in [0.25, 0.3) is 0 Å². The van der Waals surface area contributed by atoms with E-state index in [9.17, 15) is 9.59 Å². The maximum absolute atomic E-state index is 13.1. The summed E-state index contributed by atoms with van der Waals surface area (Å²) in [5, 5.41) is 3.51. The summed E-state index contributed by atoms with van der Waals surface area (Å²) in [4.78, 5) is 27.1. The minimum absolute atomic E-state index is 0.134. The predicted octanol–water partition coefficient (Wildman–Crippen LogP) is 4.40. The monoisotopic (exact) mass is 406 g/mol. The van der Waals surface area contributed by atoms with Gasteiger partial charge in [-0.2, -0.15) is 0 Å². The molecule has 0 aliphatic rings. The lowest BCUT2D eigenvalue weighted by molar-refractivity contribution is -0.140. The van der Waals surface area contributed by atoms with Gasteiger partial charge in [-0.25, -0.2) is 0 Å². The van der Waals surface area contributed by atoms with Crippen molar-refractivity contribution in [2.24, 2.45) is 0 Å². The summed E-state index contributed by atoms with van der Waals surface area (Å²) in [6, 6.07) is 12.5. The van der Waals surface area contributed by atoms with E-state index in [1.807, 2.05) is 38.1 Å². The van der Waals surface area contributed by atoms with Crippen molar-refractivity contribution in [2.45, 2.75) is 39.3 Å². The number of rotatable bonds is 7. The van der Waals surface area contributed by atoms with Crippen LogP contribution in [0.2, 0.25) is 10.0 Å². The predicted molar refractivity (Wildman–Crippen MR) is 110 cm³/mol. The number of hydrogen-bond donors (Lipinski definition) is 1. The van der Waals surface area contributed by atoms with E-state index in [-0.39, 0.29) is 18.2 Å². The van der Waals surface area contributed by atoms with Crippen molar-refractivity contribution in [1.29, 1.82) is 0 Å². The SMILES string of the molecule is CC[C@H](C(=O)NC)N(Cc1cccc(C)c1)C(=O)Cc1ccc(Cl)c(Cl)c1. The molecule has 2 aromatic rings. The molecule has 1 N–H and O–H groups in total. The maximum Gasteiger partial charge on any atom is 0.242 e. The topological polar surface area (TPSA) is 49.4 Å². The van der Waals surface area contributed by atoms with Gasteiger partial charge >= 0.3 is 0 Å². The Bertz CT molecular complexity index is 824. The van der Waals surface area contributed by atoms with Crippen LogP contribution in [-0.4, -0.2) is 29.8 Å². The van der Waals surface area contributed by atoms with Gasteiger partial charge in [0.1, 0.15) is 6.04 Å². The zero-order valence-corrected chi connectivity index (χ0v) is 17.3. The second-order valence-corrected chi connectivity index (χ2v) is 7.29.